The molecule has 1 unspecified atom stereocenters. The highest BCUT2D eigenvalue weighted by Gasteiger charge is 2.38. The van der Waals surface area contributed by atoms with Crippen LogP contribution < -0.4 is 5.32 Å². The van der Waals surface area contributed by atoms with Crippen LogP contribution in [0.5, 0.6) is 0 Å². The topological polar surface area (TPSA) is 80.5 Å². The molecular formula is C23H25FN4O3. The number of hydrogen-bond acceptors (Lipinski definition) is 6. The summed E-state index contributed by atoms with van der Waals surface area (Å²) in [5.41, 5.74) is 0.0937. The van der Waals surface area contributed by atoms with Gasteiger partial charge in [-0.3, -0.25) is 4.79 Å². The van der Waals surface area contributed by atoms with Crippen LogP contribution in [-0.4, -0.2) is 40.6 Å². The van der Waals surface area contributed by atoms with E-state index in [4.69, 9.17) is 9.26 Å². The maximum absolute atomic E-state index is 14.4. The highest BCUT2D eigenvalue weighted by Crippen LogP contribution is 2.31. The molecule has 1 aliphatic rings. The number of nitrogens with zero attached hydrogens (tertiary/aromatic N) is 3. The number of nitrogens with one attached hydrogen (secondary N) is 1. The van der Waals surface area contributed by atoms with Crippen molar-refractivity contribution in [3.63, 3.8) is 0 Å². The van der Waals surface area contributed by atoms with Crippen LogP contribution >= 0.6 is 0 Å². The van der Waals surface area contributed by atoms with Gasteiger partial charge in [0.1, 0.15) is 23.5 Å². The summed E-state index contributed by atoms with van der Waals surface area (Å²) in [7, 11) is 0. The van der Waals surface area contributed by atoms with E-state index < -0.39 is 5.41 Å². The molecule has 1 fully saturated rings. The van der Waals surface area contributed by atoms with Crippen LogP contribution in [0.15, 0.2) is 53.1 Å². The van der Waals surface area contributed by atoms with Gasteiger partial charge in [0.25, 0.3) is 0 Å². The first kappa shape index (κ1) is 21.0. The summed E-state index contributed by atoms with van der Waals surface area (Å²) in [5, 5.41) is 7.01. The molecule has 0 aliphatic carbocycles. The molecule has 7 nitrogen and oxygen atoms in total. The quantitative estimate of drug-likeness (QED) is 0.663. The summed E-state index contributed by atoms with van der Waals surface area (Å²) in [6, 6.07) is 13.7. The minimum Gasteiger partial charge on any atom is -0.368 e. The highest BCUT2D eigenvalue weighted by atomic mass is 19.1. The average Bonchev–Trinajstić information content (AvgIpc) is 3.18. The average molecular weight is 424 g/mol. The van der Waals surface area contributed by atoms with Gasteiger partial charge in [0.2, 0.25) is 5.91 Å². The number of amides is 1. The van der Waals surface area contributed by atoms with Gasteiger partial charge in [0.05, 0.1) is 24.3 Å². The lowest BCUT2D eigenvalue weighted by Crippen LogP contribution is -2.49. The van der Waals surface area contributed by atoms with E-state index in [2.05, 4.69) is 15.5 Å². The molecule has 1 aromatic carbocycles. The van der Waals surface area contributed by atoms with Gasteiger partial charge < -0.3 is 19.5 Å². The van der Waals surface area contributed by atoms with Crippen LogP contribution in [0, 0.1) is 12.7 Å². The Bertz CT molecular complexity index is 1080. The fourth-order valence-electron chi connectivity index (χ4n) is 3.75. The molecule has 1 saturated heterocycles. The van der Waals surface area contributed by atoms with Gasteiger partial charge in [-0.1, -0.05) is 29.4 Å². The number of hydrogen-bond donors (Lipinski definition) is 1. The molecule has 0 spiro atoms. The number of morpholine rings is 1. The predicted molar refractivity (Wildman–Crippen MR) is 113 cm³/mol. The van der Waals surface area contributed by atoms with Gasteiger partial charge in [-0.05, 0) is 39.0 Å². The van der Waals surface area contributed by atoms with Gasteiger partial charge in [-0.2, -0.15) is 0 Å². The maximum atomic E-state index is 14.4. The molecule has 4 rings (SSSR count). The molecule has 3 aromatic rings. The molecule has 1 atom stereocenters. The third kappa shape index (κ3) is 4.44. The predicted octanol–water partition coefficient (Wildman–Crippen LogP) is 4.14. The molecule has 0 saturated carbocycles. The number of aromatic nitrogens is 2. The molecular weight excluding hydrogens is 399 g/mol. The summed E-state index contributed by atoms with van der Waals surface area (Å²) in [4.78, 5) is 19.7. The van der Waals surface area contributed by atoms with Crippen molar-refractivity contribution in [1.82, 2.24) is 15.0 Å². The molecule has 0 radical (unpaired) electrons. The first-order chi connectivity index (χ1) is 14.8. The highest BCUT2D eigenvalue weighted by molar-refractivity contribution is 5.87. The van der Waals surface area contributed by atoms with Crippen molar-refractivity contribution in [2.24, 2.45) is 0 Å². The Labute approximate surface area is 180 Å². The third-order valence-electron chi connectivity index (χ3n) is 5.42. The van der Waals surface area contributed by atoms with E-state index in [9.17, 15) is 9.18 Å². The molecule has 162 valence electrons. The van der Waals surface area contributed by atoms with Gasteiger partial charge in [0.15, 0.2) is 5.82 Å². The second kappa shape index (κ2) is 8.47. The minimum absolute atomic E-state index is 0.141. The van der Waals surface area contributed by atoms with E-state index in [-0.39, 0.29) is 17.8 Å². The number of rotatable bonds is 5. The molecule has 31 heavy (non-hydrogen) atoms. The Kier molecular flexibility index (Phi) is 5.73. The van der Waals surface area contributed by atoms with Crippen LogP contribution in [-0.2, 0) is 14.9 Å². The molecule has 2 aromatic heterocycles. The fourth-order valence-corrected chi connectivity index (χ4v) is 3.75. The molecule has 8 heteroatoms. The van der Waals surface area contributed by atoms with E-state index in [0.29, 0.717) is 48.3 Å². The molecule has 1 amide bonds. The lowest BCUT2D eigenvalue weighted by molar-refractivity contribution is -0.144. The zero-order chi connectivity index (χ0) is 22.0. The zero-order valence-corrected chi connectivity index (χ0v) is 17.8. The smallest absolute Gasteiger partial charge is 0.232 e. The second-order valence-corrected chi connectivity index (χ2v) is 8.11. The van der Waals surface area contributed by atoms with Gasteiger partial charge in [0, 0.05) is 18.2 Å². The molecule has 0 bridgehead atoms. The molecule has 3 heterocycles. The maximum Gasteiger partial charge on any atom is 0.232 e. The number of anilines is 2. The Morgan fingerprint density at radius 2 is 2.00 bits per heavy atom. The number of benzene rings is 1. The first-order valence-corrected chi connectivity index (χ1v) is 10.2. The first-order valence-electron chi connectivity index (χ1n) is 10.2. The molecule has 1 N–H and O–H groups in total. The van der Waals surface area contributed by atoms with E-state index in [1.54, 1.807) is 43.0 Å². The van der Waals surface area contributed by atoms with E-state index in [1.165, 1.54) is 6.07 Å². The number of pyridine rings is 1. The zero-order valence-electron chi connectivity index (χ0n) is 17.8. The van der Waals surface area contributed by atoms with Crippen LogP contribution in [0.4, 0.5) is 16.0 Å². The fraction of sp³-hybridized carbons (Fsp3) is 0.348. The van der Waals surface area contributed by atoms with Crippen molar-refractivity contribution in [3.8, 4) is 0 Å². The van der Waals surface area contributed by atoms with Crippen LogP contribution in [0.2, 0.25) is 0 Å². The van der Waals surface area contributed by atoms with Crippen LogP contribution in [0.1, 0.15) is 37.0 Å². The summed E-state index contributed by atoms with van der Waals surface area (Å²) in [6.07, 6.45) is -0.380. The number of aryl methyl sites for hydroxylation is 1. The monoisotopic (exact) mass is 424 g/mol. The summed E-state index contributed by atoms with van der Waals surface area (Å²) in [6.45, 7) is 6.49. The normalized spacial score (nSPS) is 16.9. The Hall–Kier alpha value is -3.26. The third-order valence-corrected chi connectivity index (χ3v) is 5.42. The van der Waals surface area contributed by atoms with Gasteiger partial charge >= 0.3 is 0 Å². The van der Waals surface area contributed by atoms with Crippen molar-refractivity contribution >= 4 is 17.5 Å². The number of carbonyl (C=O) groups is 1. The lowest BCUT2D eigenvalue weighted by Gasteiger charge is -2.37. The Balaban J connectivity index is 1.50. The van der Waals surface area contributed by atoms with E-state index in [0.717, 1.165) is 0 Å². The number of halogens is 1. The van der Waals surface area contributed by atoms with Crippen molar-refractivity contribution in [3.05, 3.63) is 71.4 Å². The molecule has 1 aliphatic heterocycles. The summed E-state index contributed by atoms with van der Waals surface area (Å²) < 4.78 is 25.3. The second-order valence-electron chi connectivity index (χ2n) is 8.11. The van der Waals surface area contributed by atoms with Crippen LogP contribution in [0.25, 0.3) is 0 Å². The minimum atomic E-state index is -0.991. The van der Waals surface area contributed by atoms with Gasteiger partial charge in [-0.25, -0.2) is 9.37 Å². The van der Waals surface area contributed by atoms with Crippen molar-refractivity contribution in [2.75, 3.05) is 25.0 Å². The van der Waals surface area contributed by atoms with Crippen molar-refractivity contribution in [2.45, 2.75) is 32.3 Å². The number of ether oxygens (including phenoxy) is 1. The SMILES string of the molecule is Cc1cc(Nc2cccc(C3CN(C(=O)C(C)(C)c4ccccc4F)CCO3)n2)no1. The van der Waals surface area contributed by atoms with E-state index in [1.807, 2.05) is 25.1 Å². The summed E-state index contributed by atoms with van der Waals surface area (Å²) in [5.74, 6) is 1.34. The standard InChI is InChI=1S/C23H25FN4O3/c1-15-13-21(27-31-15)26-20-10-6-9-18(25-20)19-14-28(11-12-30-19)22(29)23(2,3)16-7-4-5-8-17(16)24/h4-10,13,19H,11-12,14H2,1-3H3,(H,25,26,27). The number of carbonyl (C=O) groups excluding carboxylic acids is 1. The van der Waals surface area contributed by atoms with Crippen molar-refractivity contribution < 1.29 is 18.4 Å². The summed E-state index contributed by atoms with van der Waals surface area (Å²) >= 11 is 0. The Morgan fingerprint density at radius 3 is 2.74 bits per heavy atom. The lowest BCUT2D eigenvalue weighted by atomic mass is 9.82. The van der Waals surface area contributed by atoms with Crippen LogP contribution in [0.3, 0.4) is 0 Å². The largest absolute Gasteiger partial charge is 0.368 e. The Morgan fingerprint density at radius 1 is 1.19 bits per heavy atom. The van der Waals surface area contributed by atoms with Crippen molar-refractivity contribution in [1.29, 1.82) is 0 Å². The van der Waals surface area contributed by atoms with Gasteiger partial charge in [-0.15, -0.1) is 0 Å². The van der Waals surface area contributed by atoms with E-state index >= 15 is 0 Å².